The van der Waals surface area contributed by atoms with Gasteiger partial charge in [0.05, 0.1) is 22.5 Å². The zero-order valence-electron chi connectivity index (χ0n) is 15.3. The first kappa shape index (κ1) is 18.3. The average molecular weight is 389 g/mol. The Kier molecular flexibility index (Phi) is 5.12. The second kappa shape index (κ2) is 7.86. The summed E-state index contributed by atoms with van der Waals surface area (Å²) in [5.41, 5.74) is 6.08. The Bertz CT molecular complexity index is 1120. The second-order valence-electron chi connectivity index (χ2n) is 6.67. The minimum Gasteiger partial charge on any atom is -0.481 e. The average Bonchev–Trinajstić information content (AvgIpc) is 3.10. The van der Waals surface area contributed by atoms with E-state index in [1.807, 2.05) is 48.7 Å². The van der Waals surface area contributed by atoms with Crippen LogP contribution in [0.25, 0.3) is 22.4 Å². The van der Waals surface area contributed by atoms with Crippen LogP contribution < -0.4 is 0 Å². The highest BCUT2D eigenvalue weighted by Gasteiger charge is 2.07. The minimum absolute atomic E-state index is 0.0534. The van der Waals surface area contributed by atoms with E-state index in [0.29, 0.717) is 0 Å². The van der Waals surface area contributed by atoms with Gasteiger partial charge in [0.1, 0.15) is 5.82 Å². The summed E-state index contributed by atoms with van der Waals surface area (Å²) < 4.78 is 0. The molecule has 0 aliphatic heterocycles. The molecule has 2 heterocycles. The van der Waals surface area contributed by atoms with Crippen LogP contribution in [0.5, 0.6) is 0 Å². The summed E-state index contributed by atoms with van der Waals surface area (Å²) >= 11 is 1.65. The van der Waals surface area contributed by atoms with Crippen LogP contribution in [-0.4, -0.2) is 26.0 Å². The van der Waals surface area contributed by atoms with E-state index in [0.717, 1.165) is 44.3 Å². The predicted octanol–water partition coefficient (Wildman–Crippen LogP) is 4.85. The molecule has 0 saturated carbocycles. The number of pyridine rings is 1. The van der Waals surface area contributed by atoms with Gasteiger partial charge in [-0.05, 0) is 47.9 Å². The Labute approximate surface area is 166 Å². The quantitative estimate of drug-likeness (QED) is 0.461. The lowest BCUT2D eigenvalue weighted by Gasteiger charge is -2.04. The van der Waals surface area contributed by atoms with Crippen LogP contribution in [0.3, 0.4) is 0 Å². The number of aryl methyl sites for hydroxylation is 1. The summed E-state index contributed by atoms with van der Waals surface area (Å²) in [5, 5.41) is 9.76. The number of imidazole rings is 1. The maximum atomic E-state index is 10.7. The number of benzene rings is 2. The monoisotopic (exact) mass is 389 g/mol. The fourth-order valence-electron chi connectivity index (χ4n) is 2.95. The summed E-state index contributed by atoms with van der Waals surface area (Å²) in [6, 6.07) is 17.8. The van der Waals surface area contributed by atoms with Crippen molar-refractivity contribution >= 4 is 28.8 Å². The Morgan fingerprint density at radius 3 is 2.57 bits per heavy atom. The van der Waals surface area contributed by atoms with Crippen LogP contribution >= 0.6 is 11.8 Å². The maximum absolute atomic E-state index is 10.7. The Hall–Kier alpha value is -3.12. The number of fused-ring (bicyclic) bond motifs is 1. The van der Waals surface area contributed by atoms with Gasteiger partial charge in [0, 0.05) is 17.5 Å². The van der Waals surface area contributed by atoms with Crippen LogP contribution in [0.4, 0.5) is 0 Å². The van der Waals surface area contributed by atoms with Gasteiger partial charge < -0.3 is 10.1 Å². The topological polar surface area (TPSA) is 78.9 Å². The number of hydrogen-bond donors (Lipinski definition) is 2. The molecule has 28 heavy (non-hydrogen) atoms. The Morgan fingerprint density at radius 2 is 1.86 bits per heavy atom. The van der Waals surface area contributed by atoms with Gasteiger partial charge in [-0.15, -0.1) is 11.8 Å². The molecule has 4 rings (SSSR count). The number of carbonyl (C=O) groups is 1. The van der Waals surface area contributed by atoms with Crippen molar-refractivity contribution in [2.75, 3.05) is 0 Å². The molecule has 2 N–H and O–H groups in total. The van der Waals surface area contributed by atoms with Crippen LogP contribution in [0.1, 0.15) is 16.7 Å². The highest BCUT2D eigenvalue weighted by Crippen LogP contribution is 2.25. The summed E-state index contributed by atoms with van der Waals surface area (Å²) in [5.74, 6) is 0.786. The van der Waals surface area contributed by atoms with Crippen molar-refractivity contribution in [2.24, 2.45) is 0 Å². The van der Waals surface area contributed by atoms with Crippen LogP contribution in [0, 0.1) is 6.92 Å². The highest BCUT2D eigenvalue weighted by atomic mass is 32.2. The maximum Gasteiger partial charge on any atom is 0.307 e. The van der Waals surface area contributed by atoms with Crippen molar-refractivity contribution in [3.05, 3.63) is 77.5 Å². The lowest BCUT2D eigenvalue weighted by atomic mass is 10.1. The normalized spacial score (nSPS) is 11.0. The molecule has 5 nitrogen and oxygen atoms in total. The third kappa shape index (κ3) is 4.23. The van der Waals surface area contributed by atoms with Crippen LogP contribution in [0.15, 0.2) is 65.8 Å². The van der Waals surface area contributed by atoms with E-state index in [4.69, 9.17) is 5.11 Å². The zero-order valence-corrected chi connectivity index (χ0v) is 16.2. The van der Waals surface area contributed by atoms with Crippen molar-refractivity contribution in [3.63, 3.8) is 0 Å². The van der Waals surface area contributed by atoms with Crippen LogP contribution in [0.2, 0.25) is 0 Å². The smallest absolute Gasteiger partial charge is 0.307 e. The summed E-state index contributed by atoms with van der Waals surface area (Å²) in [4.78, 5) is 23.3. The van der Waals surface area contributed by atoms with Gasteiger partial charge in [0.25, 0.3) is 0 Å². The first-order valence-electron chi connectivity index (χ1n) is 8.92. The van der Waals surface area contributed by atoms with E-state index in [1.165, 1.54) is 5.56 Å². The summed E-state index contributed by atoms with van der Waals surface area (Å²) in [6.45, 7) is 2.06. The van der Waals surface area contributed by atoms with Crippen LogP contribution in [-0.2, 0) is 17.0 Å². The third-order valence-corrected chi connectivity index (χ3v) is 5.43. The largest absolute Gasteiger partial charge is 0.481 e. The molecule has 0 saturated heterocycles. The molecule has 0 spiro atoms. The summed E-state index contributed by atoms with van der Waals surface area (Å²) in [7, 11) is 0. The summed E-state index contributed by atoms with van der Waals surface area (Å²) in [6.07, 6.45) is 1.89. The van der Waals surface area contributed by atoms with E-state index in [9.17, 15) is 4.79 Å². The number of hydrogen-bond acceptors (Lipinski definition) is 4. The molecule has 2 aromatic heterocycles. The van der Waals surface area contributed by atoms with Gasteiger partial charge in [-0.2, -0.15) is 0 Å². The number of aliphatic carboxylic acids is 1. The van der Waals surface area contributed by atoms with E-state index in [2.05, 4.69) is 34.0 Å². The number of rotatable bonds is 6. The van der Waals surface area contributed by atoms with Crippen molar-refractivity contribution < 1.29 is 9.90 Å². The lowest BCUT2D eigenvalue weighted by molar-refractivity contribution is -0.136. The third-order valence-electron chi connectivity index (χ3n) is 4.41. The predicted molar refractivity (Wildman–Crippen MR) is 111 cm³/mol. The van der Waals surface area contributed by atoms with Crippen molar-refractivity contribution in [1.82, 2.24) is 15.0 Å². The van der Waals surface area contributed by atoms with E-state index in [-0.39, 0.29) is 6.42 Å². The minimum atomic E-state index is -0.814. The van der Waals surface area contributed by atoms with Gasteiger partial charge >= 0.3 is 5.97 Å². The standard InChI is InChI=1S/C22H19N3O2S/c1-14-2-8-18-19(10-14)25-22(24-18)17-7-9-20(23-12-17)28-13-16-5-3-15(4-6-16)11-21(26)27/h2-10,12H,11,13H2,1H3,(H,24,25)(H,26,27). The fraction of sp³-hybridized carbons (Fsp3) is 0.136. The number of aromatic amines is 1. The number of H-pyrrole nitrogens is 1. The molecule has 0 amide bonds. The highest BCUT2D eigenvalue weighted by molar-refractivity contribution is 7.98. The number of thioether (sulfide) groups is 1. The molecule has 6 heteroatoms. The first-order chi connectivity index (χ1) is 13.6. The van der Waals surface area contributed by atoms with Gasteiger partial charge in [-0.25, -0.2) is 9.97 Å². The number of nitrogens with one attached hydrogen (secondary N) is 1. The molecule has 140 valence electrons. The number of carboxylic acids is 1. The van der Waals surface area contributed by atoms with Gasteiger partial charge in [-0.3, -0.25) is 4.79 Å². The van der Waals surface area contributed by atoms with Gasteiger partial charge in [0.15, 0.2) is 0 Å². The zero-order chi connectivity index (χ0) is 19.5. The second-order valence-corrected chi connectivity index (χ2v) is 7.66. The molecule has 0 aliphatic carbocycles. The van der Waals surface area contributed by atoms with E-state index in [1.54, 1.807) is 11.8 Å². The Balaban J connectivity index is 1.42. The molecule has 0 radical (unpaired) electrons. The molecule has 0 aliphatic rings. The van der Waals surface area contributed by atoms with Crippen molar-refractivity contribution in [2.45, 2.75) is 24.1 Å². The lowest BCUT2D eigenvalue weighted by Crippen LogP contribution is -1.99. The van der Waals surface area contributed by atoms with Gasteiger partial charge in [0.2, 0.25) is 0 Å². The first-order valence-corrected chi connectivity index (χ1v) is 9.90. The molecule has 0 atom stereocenters. The van der Waals surface area contributed by atoms with E-state index >= 15 is 0 Å². The fourth-order valence-corrected chi connectivity index (χ4v) is 3.75. The molecule has 0 unspecified atom stereocenters. The number of nitrogens with zero attached hydrogens (tertiary/aromatic N) is 2. The molecule has 0 fully saturated rings. The molecule has 0 bridgehead atoms. The number of aromatic nitrogens is 3. The molecule has 2 aromatic carbocycles. The Morgan fingerprint density at radius 1 is 1.07 bits per heavy atom. The number of carboxylic acid groups (broad SMARTS) is 1. The molecular weight excluding hydrogens is 370 g/mol. The molecular formula is C22H19N3O2S. The SMILES string of the molecule is Cc1ccc2nc(-c3ccc(SCc4ccc(CC(=O)O)cc4)nc3)[nH]c2c1. The molecule has 4 aromatic rings. The van der Waals surface area contributed by atoms with Crippen molar-refractivity contribution in [3.8, 4) is 11.4 Å². The van der Waals surface area contributed by atoms with E-state index < -0.39 is 5.97 Å². The van der Waals surface area contributed by atoms with Crippen molar-refractivity contribution in [1.29, 1.82) is 0 Å². The van der Waals surface area contributed by atoms with Gasteiger partial charge in [-0.1, -0.05) is 30.3 Å².